The molecule has 0 radical (unpaired) electrons. The number of rotatable bonds is 7. The van der Waals surface area contributed by atoms with Gasteiger partial charge in [0.1, 0.15) is 0 Å². The number of hydrogen-bond acceptors (Lipinski definition) is 5. The number of imidazole rings is 1. The van der Waals surface area contributed by atoms with Gasteiger partial charge in [0.25, 0.3) is 0 Å². The Bertz CT molecular complexity index is 1160. The molecule has 0 bridgehead atoms. The molecule has 2 N–H and O–H groups in total. The number of aryl methyl sites for hydroxylation is 2. The van der Waals surface area contributed by atoms with Gasteiger partial charge in [-0.25, -0.2) is 15.0 Å². The molecule has 0 saturated carbocycles. The normalized spacial score (nSPS) is 12.1. The zero-order valence-corrected chi connectivity index (χ0v) is 18.7. The second kappa shape index (κ2) is 9.61. The summed E-state index contributed by atoms with van der Waals surface area (Å²) in [6, 6.07) is 4.37. The Kier molecular flexibility index (Phi) is 7.09. The van der Waals surface area contributed by atoms with Crippen LogP contribution in [0.15, 0.2) is 35.8 Å². The summed E-state index contributed by atoms with van der Waals surface area (Å²) in [5, 5.41) is 6.11. The van der Waals surface area contributed by atoms with Crippen LogP contribution in [0.3, 0.4) is 0 Å². The molecule has 0 amide bonds. The molecule has 2 aromatic heterocycles. The Hall–Kier alpha value is -3.05. The van der Waals surface area contributed by atoms with E-state index in [2.05, 4.69) is 15.1 Å². The number of ether oxygens (including phenoxy) is 1. The van der Waals surface area contributed by atoms with Gasteiger partial charge in [0.2, 0.25) is 0 Å². The lowest BCUT2D eigenvalue weighted by atomic mass is 9.97. The fraction of sp³-hybridized carbons (Fsp3) is 0.333. The first-order valence-corrected chi connectivity index (χ1v) is 10.1. The maximum Gasteiger partial charge on any atom is 0.416 e. The number of nitrogens with zero attached hydrogens (tertiary/aromatic N) is 5. The smallest absolute Gasteiger partial charge is 0.385 e. The van der Waals surface area contributed by atoms with Crippen molar-refractivity contribution in [2.75, 3.05) is 20.8 Å². The van der Waals surface area contributed by atoms with E-state index in [9.17, 15) is 13.2 Å². The van der Waals surface area contributed by atoms with Gasteiger partial charge in [0.15, 0.2) is 5.11 Å². The zero-order valence-electron chi connectivity index (χ0n) is 17.8. The van der Waals surface area contributed by atoms with Crippen molar-refractivity contribution < 1.29 is 17.9 Å². The highest BCUT2D eigenvalue weighted by Crippen LogP contribution is 2.36. The lowest BCUT2D eigenvalue weighted by molar-refractivity contribution is -0.138. The van der Waals surface area contributed by atoms with Gasteiger partial charge in [-0.15, -0.1) is 0 Å². The first-order valence-electron chi connectivity index (χ1n) is 9.69. The van der Waals surface area contributed by atoms with Crippen molar-refractivity contribution in [2.24, 2.45) is 17.9 Å². The highest BCUT2D eigenvalue weighted by atomic mass is 32.1. The van der Waals surface area contributed by atoms with Crippen molar-refractivity contribution in [3.63, 3.8) is 0 Å². The maximum absolute atomic E-state index is 13.8. The third-order valence-electron chi connectivity index (χ3n) is 4.93. The number of hydrazone groups is 1. The van der Waals surface area contributed by atoms with Crippen molar-refractivity contribution >= 4 is 34.4 Å². The van der Waals surface area contributed by atoms with Crippen molar-refractivity contribution in [2.45, 2.75) is 19.0 Å². The predicted molar refractivity (Wildman–Crippen MR) is 121 cm³/mol. The summed E-state index contributed by atoms with van der Waals surface area (Å²) >= 11 is 4.90. The second-order valence-electron chi connectivity index (χ2n) is 7.21. The number of nitrogens with two attached hydrogens (primary N) is 1. The van der Waals surface area contributed by atoms with E-state index in [1.54, 1.807) is 37.3 Å². The third kappa shape index (κ3) is 5.22. The van der Waals surface area contributed by atoms with Crippen molar-refractivity contribution in [1.82, 2.24) is 19.5 Å². The molecule has 32 heavy (non-hydrogen) atoms. The predicted octanol–water partition coefficient (Wildman–Crippen LogP) is 3.74. The molecule has 0 aliphatic heterocycles. The van der Waals surface area contributed by atoms with E-state index in [0.717, 1.165) is 6.07 Å². The first kappa shape index (κ1) is 23.6. The summed E-state index contributed by atoms with van der Waals surface area (Å²) in [5.41, 5.74) is 6.95. The van der Waals surface area contributed by atoms with E-state index in [1.165, 1.54) is 24.4 Å². The molecule has 2 heterocycles. The summed E-state index contributed by atoms with van der Waals surface area (Å²) in [4.78, 5) is 8.58. The van der Waals surface area contributed by atoms with Crippen molar-refractivity contribution in [3.8, 4) is 11.4 Å². The summed E-state index contributed by atoms with van der Waals surface area (Å²) in [6.45, 7) is 0.361. The Balaban J connectivity index is 2.25. The molecule has 3 aromatic rings. The molecule has 0 aliphatic carbocycles. The quantitative estimate of drug-likeness (QED) is 0.248. The van der Waals surface area contributed by atoms with Crippen LogP contribution < -0.4 is 5.73 Å². The minimum atomic E-state index is -4.51. The molecule has 0 aliphatic rings. The van der Waals surface area contributed by atoms with Gasteiger partial charge in [0.05, 0.1) is 41.2 Å². The van der Waals surface area contributed by atoms with Crippen LogP contribution in [-0.4, -0.2) is 51.6 Å². The number of alkyl halides is 3. The Morgan fingerprint density at radius 1 is 1.34 bits per heavy atom. The van der Waals surface area contributed by atoms with Crippen LogP contribution in [0.2, 0.25) is 0 Å². The molecule has 0 saturated heterocycles. The van der Waals surface area contributed by atoms with Gasteiger partial charge in [-0.1, -0.05) is 0 Å². The van der Waals surface area contributed by atoms with E-state index in [0.29, 0.717) is 35.4 Å². The summed E-state index contributed by atoms with van der Waals surface area (Å²) in [7, 11) is 4.88. The highest BCUT2D eigenvalue weighted by Gasteiger charge is 2.34. The number of methoxy groups -OCH3 is 1. The molecule has 170 valence electrons. The fourth-order valence-electron chi connectivity index (χ4n) is 3.27. The van der Waals surface area contributed by atoms with Gasteiger partial charge < -0.3 is 15.0 Å². The van der Waals surface area contributed by atoms with Gasteiger partial charge in [-0.2, -0.15) is 18.3 Å². The van der Waals surface area contributed by atoms with E-state index in [4.69, 9.17) is 22.7 Å². The number of fused-ring (bicyclic) bond motifs is 1. The van der Waals surface area contributed by atoms with E-state index < -0.39 is 11.7 Å². The maximum atomic E-state index is 13.8. The number of aromatic nitrogens is 3. The monoisotopic (exact) mass is 464 g/mol. The Labute approximate surface area is 188 Å². The molecule has 7 nitrogen and oxygen atoms in total. The minimum Gasteiger partial charge on any atom is -0.385 e. The molecule has 0 atom stereocenters. The summed E-state index contributed by atoms with van der Waals surface area (Å²) in [6.07, 6.45) is 0.858. The van der Waals surface area contributed by atoms with Gasteiger partial charge >= 0.3 is 6.18 Å². The lowest BCUT2D eigenvalue weighted by Gasteiger charge is -2.16. The van der Waals surface area contributed by atoms with Crippen LogP contribution in [0.25, 0.3) is 22.3 Å². The summed E-state index contributed by atoms with van der Waals surface area (Å²) < 4.78 is 48.2. The van der Waals surface area contributed by atoms with Gasteiger partial charge in [-0.05, 0) is 48.8 Å². The molecule has 11 heteroatoms. The van der Waals surface area contributed by atoms with Crippen LogP contribution in [0.5, 0.6) is 0 Å². The highest BCUT2D eigenvalue weighted by molar-refractivity contribution is 7.80. The van der Waals surface area contributed by atoms with Crippen LogP contribution in [-0.2, 0) is 24.4 Å². The van der Waals surface area contributed by atoms with Crippen LogP contribution in [0.4, 0.5) is 13.2 Å². The van der Waals surface area contributed by atoms with Gasteiger partial charge in [-0.3, -0.25) is 0 Å². The minimum absolute atomic E-state index is 0.0612. The number of thiocarbonyl (C=S) groups is 1. The van der Waals surface area contributed by atoms with Crippen molar-refractivity contribution in [3.05, 3.63) is 47.4 Å². The number of hydrogen-bond donors (Lipinski definition) is 1. The largest absolute Gasteiger partial charge is 0.416 e. The van der Waals surface area contributed by atoms with E-state index in [-0.39, 0.29) is 22.6 Å². The second-order valence-corrected chi connectivity index (χ2v) is 7.63. The molecular weight excluding hydrogens is 441 g/mol. The zero-order chi connectivity index (χ0) is 23.5. The van der Waals surface area contributed by atoms with E-state index >= 15 is 0 Å². The van der Waals surface area contributed by atoms with Gasteiger partial charge in [0, 0.05) is 38.8 Å². The van der Waals surface area contributed by atoms with Crippen molar-refractivity contribution in [1.29, 1.82) is 0 Å². The molecule has 0 unspecified atom stereocenters. The number of pyridine rings is 1. The van der Waals surface area contributed by atoms with Crippen LogP contribution >= 0.6 is 12.2 Å². The molecule has 1 aromatic carbocycles. The SMILES string of the molecule is COCCCc1cc2c(/C=N/N(C)C(N)=S)cc(-c3cncn3C)nc2cc1C(F)(F)F. The molecule has 3 rings (SSSR count). The Morgan fingerprint density at radius 2 is 2.09 bits per heavy atom. The molecule has 0 spiro atoms. The van der Waals surface area contributed by atoms with Crippen LogP contribution in [0, 0.1) is 0 Å². The summed E-state index contributed by atoms with van der Waals surface area (Å²) in [5.74, 6) is 0. The third-order valence-corrected chi connectivity index (χ3v) is 5.20. The standard InChI is InChI=1S/C21H23F3N6OS/c1-29-12-26-11-19(29)18-8-14(10-27-30(2)20(25)32)15-7-13(5-4-6-31-3)16(21(22,23)24)9-17(15)28-18/h7-12H,4-6H2,1-3H3,(H2,25,32)/b27-10+. The fourth-order valence-corrected chi connectivity index (χ4v) is 3.32. The number of halogens is 3. The molecule has 0 fully saturated rings. The van der Waals surface area contributed by atoms with E-state index in [1.807, 2.05) is 0 Å². The Morgan fingerprint density at radius 3 is 2.69 bits per heavy atom. The van der Waals surface area contributed by atoms with Crippen LogP contribution in [0.1, 0.15) is 23.1 Å². The molecular formula is C21H23F3N6OS. The average molecular weight is 465 g/mol. The average Bonchev–Trinajstić information content (AvgIpc) is 3.16. The first-order chi connectivity index (χ1) is 15.1. The lowest BCUT2D eigenvalue weighted by Crippen LogP contribution is -2.27. The topological polar surface area (TPSA) is 81.6 Å². The number of benzene rings is 1.